The number of hydrogen-bond acceptors (Lipinski definition) is 4. The second kappa shape index (κ2) is 5.88. The van der Waals surface area contributed by atoms with Gasteiger partial charge in [0.1, 0.15) is 5.82 Å². The molecule has 3 heterocycles. The van der Waals surface area contributed by atoms with Gasteiger partial charge in [0.2, 0.25) is 0 Å². The molecule has 0 amide bonds. The van der Waals surface area contributed by atoms with E-state index in [0.29, 0.717) is 29.5 Å². The number of halogens is 2. The summed E-state index contributed by atoms with van der Waals surface area (Å²) in [6, 6.07) is 2.82. The molecule has 1 aliphatic carbocycles. The topological polar surface area (TPSA) is 57.4 Å². The van der Waals surface area contributed by atoms with Gasteiger partial charge in [-0.25, -0.2) is 8.78 Å². The lowest BCUT2D eigenvalue weighted by molar-refractivity contribution is -0.156. The normalized spacial score (nSPS) is 28.5. The minimum Gasteiger partial charge on any atom is -0.494 e. The van der Waals surface area contributed by atoms with Crippen LogP contribution in [0.1, 0.15) is 37.7 Å². The largest absolute Gasteiger partial charge is 0.494 e. The van der Waals surface area contributed by atoms with Crippen LogP contribution in [0.2, 0.25) is 0 Å². The average Bonchev–Trinajstić information content (AvgIpc) is 2.62. The monoisotopic (exact) mass is 348 g/mol. The Morgan fingerprint density at radius 2 is 1.96 bits per heavy atom. The average molecular weight is 348 g/mol. The molecule has 2 N–H and O–H groups in total. The highest BCUT2D eigenvalue weighted by Gasteiger charge is 2.47. The molecule has 5 rings (SSSR count). The molecule has 2 aromatic rings. The molecule has 3 fully saturated rings. The molecule has 0 atom stereocenters. The van der Waals surface area contributed by atoms with Gasteiger partial charge in [-0.1, -0.05) is 0 Å². The van der Waals surface area contributed by atoms with Gasteiger partial charge in [0, 0.05) is 17.0 Å². The van der Waals surface area contributed by atoms with Crippen molar-refractivity contribution in [2.24, 2.45) is 5.73 Å². The maximum absolute atomic E-state index is 14.5. The quantitative estimate of drug-likeness (QED) is 0.919. The molecular weight excluding hydrogens is 326 g/mol. The molecule has 4 nitrogen and oxygen atoms in total. The predicted octanol–water partition coefficient (Wildman–Crippen LogP) is 3.49. The van der Waals surface area contributed by atoms with E-state index in [4.69, 9.17) is 15.2 Å². The van der Waals surface area contributed by atoms with E-state index in [-0.39, 0.29) is 22.7 Å². The SMILES string of the molecule is COc1cc2c(CCC34CCC(N)(CC3)CO4)c(F)cnc2cc1F. The maximum Gasteiger partial charge on any atom is 0.167 e. The third-order valence-corrected chi connectivity index (χ3v) is 5.85. The van der Waals surface area contributed by atoms with Gasteiger partial charge in [-0.2, -0.15) is 0 Å². The molecule has 1 saturated carbocycles. The number of hydrogen-bond donors (Lipinski definition) is 1. The van der Waals surface area contributed by atoms with Crippen LogP contribution < -0.4 is 10.5 Å². The van der Waals surface area contributed by atoms with Crippen molar-refractivity contribution in [2.75, 3.05) is 13.7 Å². The summed E-state index contributed by atoms with van der Waals surface area (Å²) < 4.78 is 39.4. The van der Waals surface area contributed by atoms with E-state index in [1.165, 1.54) is 19.2 Å². The van der Waals surface area contributed by atoms with Crippen LogP contribution in [-0.4, -0.2) is 29.8 Å². The maximum atomic E-state index is 14.5. The first kappa shape index (κ1) is 16.7. The van der Waals surface area contributed by atoms with E-state index in [1.54, 1.807) is 0 Å². The zero-order valence-electron chi connectivity index (χ0n) is 14.3. The molecule has 25 heavy (non-hydrogen) atoms. The highest BCUT2D eigenvalue weighted by atomic mass is 19.1. The third-order valence-electron chi connectivity index (χ3n) is 5.85. The number of ether oxygens (including phenoxy) is 2. The summed E-state index contributed by atoms with van der Waals surface area (Å²) in [5.41, 5.74) is 6.84. The minimum absolute atomic E-state index is 0.0961. The van der Waals surface area contributed by atoms with Crippen LogP contribution in [0.4, 0.5) is 8.78 Å². The van der Waals surface area contributed by atoms with E-state index in [1.807, 2.05) is 0 Å². The van der Waals surface area contributed by atoms with Crippen LogP contribution in [0.5, 0.6) is 5.75 Å². The van der Waals surface area contributed by atoms with Crippen LogP contribution in [0, 0.1) is 11.6 Å². The van der Waals surface area contributed by atoms with Gasteiger partial charge in [-0.15, -0.1) is 0 Å². The summed E-state index contributed by atoms with van der Waals surface area (Å²) in [4.78, 5) is 4.01. The molecule has 2 aliphatic heterocycles. The second-order valence-corrected chi connectivity index (χ2v) is 7.42. The Kier molecular flexibility index (Phi) is 3.92. The molecule has 3 aliphatic rings. The number of pyridine rings is 1. The zero-order valence-corrected chi connectivity index (χ0v) is 14.3. The summed E-state index contributed by atoms with van der Waals surface area (Å²) in [6.07, 6.45) is 6.11. The first-order valence-corrected chi connectivity index (χ1v) is 8.67. The standard InChI is InChI=1S/C19H22F2N2O2/c1-24-17-8-13-12(15(21)10-23-16(13)9-14(17)20)2-3-19-6-4-18(22,5-7-19)11-25-19/h8-10H,2-7,11,22H2,1H3. The first-order chi connectivity index (χ1) is 11.9. The van der Waals surface area contributed by atoms with Gasteiger partial charge in [-0.05, 0) is 50.2 Å². The molecule has 2 bridgehead atoms. The highest BCUT2D eigenvalue weighted by molar-refractivity contribution is 5.84. The van der Waals surface area contributed by atoms with E-state index in [9.17, 15) is 8.78 Å². The number of benzene rings is 1. The molecule has 1 aromatic heterocycles. The minimum atomic E-state index is -0.499. The van der Waals surface area contributed by atoms with Crippen LogP contribution in [0.15, 0.2) is 18.3 Å². The van der Waals surface area contributed by atoms with E-state index >= 15 is 0 Å². The van der Waals surface area contributed by atoms with Gasteiger partial charge in [0.25, 0.3) is 0 Å². The summed E-state index contributed by atoms with van der Waals surface area (Å²) in [7, 11) is 1.40. The molecule has 0 spiro atoms. The lowest BCUT2D eigenvalue weighted by Gasteiger charge is -2.51. The Bertz CT molecular complexity index is 800. The number of fused-ring (bicyclic) bond motifs is 4. The highest BCUT2D eigenvalue weighted by Crippen LogP contribution is 2.45. The number of nitrogens with zero attached hydrogens (tertiary/aromatic N) is 1. The Balaban J connectivity index is 1.64. The van der Waals surface area contributed by atoms with Crippen LogP contribution in [-0.2, 0) is 11.2 Å². The van der Waals surface area contributed by atoms with Gasteiger partial charge >= 0.3 is 0 Å². The Hall–Kier alpha value is -1.79. The fourth-order valence-electron chi connectivity index (χ4n) is 4.10. The Morgan fingerprint density at radius 1 is 1.20 bits per heavy atom. The number of nitrogens with two attached hydrogens (primary N) is 1. The zero-order chi connectivity index (χ0) is 17.7. The molecule has 2 saturated heterocycles. The van der Waals surface area contributed by atoms with Crippen LogP contribution in [0.25, 0.3) is 10.9 Å². The van der Waals surface area contributed by atoms with Gasteiger partial charge in [-0.3, -0.25) is 4.98 Å². The fourth-order valence-corrected chi connectivity index (χ4v) is 4.10. The number of methoxy groups -OCH3 is 1. The lowest BCUT2D eigenvalue weighted by Crippen LogP contribution is -2.59. The van der Waals surface area contributed by atoms with E-state index < -0.39 is 5.82 Å². The van der Waals surface area contributed by atoms with Crippen molar-refractivity contribution >= 4 is 10.9 Å². The Labute approximate surface area is 145 Å². The van der Waals surface area contributed by atoms with Crippen molar-refractivity contribution in [3.63, 3.8) is 0 Å². The summed E-state index contributed by atoms with van der Waals surface area (Å²) in [5, 5.41) is 0.592. The second-order valence-electron chi connectivity index (χ2n) is 7.42. The Morgan fingerprint density at radius 3 is 2.60 bits per heavy atom. The molecule has 1 aromatic carbocycles. The van der Waals surface area contributed by atoms with Gasteiger partial charge < -0.3 is 15.2 Å². The fraction of sp³-hybridized carbons (Fsp3) is 0.526. The van der Waals surface area contributed by atoms with Crippen molar-refractivity contribution in [3.8, 4) is 5.75 Å². The van der Waals surface area contributed by atoms with Crippen molar-refractivity contribution in [1.82, 2.24) is 4.98 Å². The van der Waals surface area contributed by atoms with Gasteiger partial charge in [0.05, 0.1) is 31.0 Å². The summed E-state index contributed by atoms with van der Waals surface area (Å²) in [6.45, 7) is 0.575. The number of rotatable bonds is 4. The third kappa shape index (κ3) is 2.87. The summed E-state index contributed by atoms with van der Waals surface area (Å²) >= 11 is 0. The molecular formula is C19H22F2N2O2. The molecule has 6 heteroatoms. The lowest BCUT2D eigenvalue weighted by atomic mass is 9.70. The van der Waals surface area contributed by atoms with Crippen molar-refractivity contribution in [2.45, 2.75) is 49.7 Å². The van der Waals surface area contributed by atoms with E-state index in [0.717, 1.165) is 38.3 Å². The van der Waals surface area contributed by atoms with Crippen molar-refractivity contribution < 1.29 is 18.3 Å². The molecule has 0 radical (unpaired) electrons. The smallest absolute Gasteiger partial charge is 0.167 e. The van der Waals surface area contributed by atoms with Crippen molar-refractivity contribution in [3.05, 3.63) is 35.5 Å². The first-order valence-electron chi connectivity index (χ1n) is 8.67. The van der Waals surface area contributed by atoms with Crippen LogP contribution >= 0.6 is 0 Å². The van der Waals surface area contributed by atoms with Gasteiger partial charge in [0.15, 0.2) is 11.6 Å². The van der Waals surface area contributed by atoms with E-state index in [2.05, 4.69) is 4.98 Å². The molecule has 0 unspecified atom stereocenters. The number of aryl methyl sites for hydroxylation is 1. The predicted molar refractivity (Wildman–Crippen MR) is 90.6 cm³/mol. The van der Waals surface area contributed by atoms with Crippen LogP contribution in [0.3, 0.4) is 0 Å². The van der Waals surface area contributed by atoms with Crippen molar-refractivity contribution in [1.29, 1.82) is 0 Å². The number of aromatic nitrogens is 1. The molecule has 134 valence electrons. The summed E-state index contributed by atoms with van der Waals surface area (Å²) in [5.74, 6) is -0.781.